The van der Waals surface area contributed by atoms with Crippen molar-refractivity contribution in [2.45, 2.75) is 77.0 Å². The quantitative estimate of drug-likeness (QED) is 0.522. The minimum atomic E-state index is -3.95. The summed E-state index contributed by atoms with van der Waals surface area (Å²) in [6.07, 6.45) is 9.52. The van der Waals surface area contributed by atoms with Crippen LogP contribution in [0.2, 0.25) is 0 Å². The van der Waals surface area contributed by atoms with Crippen molar-refractivity contribution in [3.05, 3.63) is 41.5 Å². The van der Waals surface area contributed by atoms with Crippen LogP contribution in [0.1, 0.15) is 70.8 Å². The zero-order chi connectivity index (χ0) is 24.3. The number of hydrogen-bond donors (Lipinski definition) is 0. The van der Waals surface area contributed by atoms with Crippen molar-refractivity contribution < 1.29 is 22.2 Å². The number of ketones is 2. The predicted molar refractivity (Wildman–Crippen MR) is 130 cm³/mol. The molecule has 0 heterocycles. The number of carbonyl (C=O) groups excluding carboxylic acids is 2. The zero-order valence-electron chi connectivity index (χ0n) is 20.5. The van der Waals surface area contributed by atoms with Crippen molar-refractivity contribution in [1.29, 1.82) is 0 Å². The summed E-state index contributed by atoms with van der Waals surface area (Å²) in [7, 11) is -3.95. The molecule has 0 saturated heterocycles. The van der Waals surface area contributed by atoms with Crippen molar-refractivity contribution in [2.75, 3.05) is 6.61 Å². The highest BCUT2D eigenvalue weighted by molar-refractivity contribution is 7.86. The first kappa shape index (κ1) is 23.9. The topological polar surface area (TPSA) is 77.5 Å². The molecule has 3 fully saturated rings. The molecule has 6 atom stereocenters. The number of allylic oxidation sites excluding steroid dienone is 1. The number of hydrogen-bond acceptors (Lipinski definition) is 5. The molecule has 3 saturated carbocycles. The van der Waals surface area contributed by atoms with Crippen LogP contribution in [0.3, 0.4) is 0 Å². The SMILES string of the molecule is Cc1ccc(S(=O)(=O)OCC(=O)[C@H]2CC[C@H]3[C@H]4CCC5=CC(=O)CC[C@]5(C)[C@H]4CC[C@]23C)cc1. The largest absolute Gasteiger partial charge is 0.297 e. The molecule has 0 radical (unpaired) electrons. The van der Waals surface area contributed by atoms with Gasteiger partial charge in [0.1, 0.15) is 6.61 Å². The van der Waals surface area contributed by atoms with Gasteiger partial charge in [0.25, 0.3) is 10.1 Å². The lowest BCUT2D eigenvalue weighted by Gasteiger charge is -2.58. The predicted octanol–water partition coefficient (Wildman–Crippen LogP) is 5.42. The van der Waals surface area contributed by atoms with Crippen molar-refractivity contribution in [3.8, 4) is 0 Å². The highest BCUT2D eigenvalue weighted by Gasteiger charge is 2.60. The van der Waals surface area contributed by atoms with Crippen LogP contribution >= 0.6 is 0 Å². The molecular formula is C28H36O5S. The lowest BCUT2D eigenvalue weighted by molar-refractivity contribution is -0.132. The number of Topliss-reactive ketones (excluding diaryl/α,β-unsaturated/α-hetero) is 1. The fourth-order valence-corrected chi connectivity index (χ4v) is 8.97. The van der Waals surface area contributed by atoms with Gasteiger partial charge in [0.05, 0.1) is 4.90 Å². The molecule has 0 amide bonds. The van der Waals surface area contributed by atoms with Crippen molar-refractivity contribution >= 4 is 21.7 Å². The first-order valence-corrected chi connectivity index (χ1v) is 14.2. The first-order valence-electron chi connectivity index (χ1n) is 12.8. The van der Waals surface area contributed by atoms with Gasteiger partial charge in [-0.25, -0.2) is 0 Å². The maximum Gasteiger partial charge on any atom is 0.297 e. The second kappa shape index (κ2) is 8.41. The Labute approximate surface area is 203 Å². The van der Waals surface area contributed by atoms with E-state index in [9.17, 15) is 18.0 Å². The van der Waals surface area contributed by atoms with Gasteiger partial charge in [-0.05, 0) is 98.7 Å². The Kier molecular flexibility index (Phi) is 5.92. The average molecular weight is 485 g/mol. The summed E-state index contributed by atoms with van der Waals surface area (Å²) in [4.78, 5) is 25.4. The molecule has 0 bridgehead atoms. The summed E-state index contributed by atoms with van der Waals surface area (Å²) in [5, 5.41) is 0. The number of carbonyl (C=O) groups is 2. The van der Waals surface area contributed by atoms with Crippen LogP contribution in [-0.4, -0.2) is 26.6 Å². The minimum absolute atomic E-state index is 0.0787. The molecule has 6 heteroatoms. The van der Waals surface area contributed by atoms with Gasteiger partial charge in [0, 0.05) is 12.3 Å². The highest BCUT2D eigenvalue weighted by atomic mass is 32.2. The van der Waals surface area contributed by atoms with Crippen LogP contribution < -0.4 is 0 Å². The van der Waals surface area contributed by atoms with Gasteiger partial charge in [-0.2, -0.15) is 8.42 Å². The molecule has 1 aromatic rings. The van der Waals surface area contributed by atoms with Crippen LogP contribution in [0.4, 0.5) is 0 Å². The monoisotopic (exact) mass is 484 g/mol. The van der Waals surface area contributed by atoms with Gasteiger partial charge < -0.3 is 0 Å². The molecule has 5 nitrogen and oxygen atoms in total. The summed E-state index contributed by atoms with van der Waals surface area (Å²) in [5.41, 5.74) is 2.34. The van der Waals surface area contributed by atoms with E-state index in [0.29, 0.717) is 24.2 Å². The Balaban J connectivity index is 1.30. The van der Waals surface area contributed by atoms with Crippen LogP contribution in [0.5, 0.6) is 0 Å². The molecule has 0 spiro atoms. The maximum atomic E-state index is 13.3. The third-order valence-electron chi connectivity index (χ3n) is 10.0. The van der Waals surface area contributed by atoms with Crippen LogP contribution in [0.25, 0.3) is 0 Å². The van der Waals surface area contributed by atoms with E-state index in [1.54, 1.807) is 12.1 Å². The normalized spacial score (nSPS) is 37.4. The van der Waals surface area contributed by atoms with E-state index in [-0.39, 0.29) is 39.8 Å². The second-order valence-electron chi connectivity index (χ2n) is 11.6. The molecule has 5 rings (SSSR count). The van der Waals surface area contributed by atoms with Gasteiger partial charge in [-0.1, -0.05) is 37.1 Å². The average Bonchev–Trinajstić information content (AvgIpc) is 3.15. The molecule has 1 aromatic carbocycles. The van der Waals surface area contributed by atoms with Crippen molar-refractivity contribution in [1.82, 2.24) is 0 Å². The molecular weight excluding hydrogens is 448 g/mol. The summed E-state index contributed by atoms with van der Waals surface area (Å²) < 4.78 is 30.4. The van der Waals surface area contributed by atoms with E-state index in [1.165, 1.54) is 17.7 Å². The zero-order valence-corrected chi connectivity index (χ0v) is 21.3. The van der Waals surface area contributed by atoms with E-state index in [2.05, 4.69) is 13.8 Å². The summed E-state index contributed by atoms with van der Waals surface area (Å²) in [5.74, 6) is 1.67. The minimum Gasteiger partial charge on any atom is -0.297 e. The fourth-order valence-electron chi connectivity index (χ4n) is 8.10. The molecule has 34 heavy (non-hydrogen) atoms. The van der Waals surface area contributed by atoms with Gasteiger partial charge in [0.2, 0.25) is 0 Å². The van der Waals surface area contributed by atoms with Gasteiger partial charge in [0.15, 0.2) is 11.6 Å². The van der Waals surface area contributed by atoms with Crippen LogP contribution in [0.15, 0.2) is 40.8 Å². The standard InChI is InChI=1S/C28H36O5S/c1-18-4-7-21(8-5-18)34(31,32)33-17-26(30)25-11-10-23-22-9-6-19-16-20(29)12-14-27(19,2)24(22)13-15-28(23,25)3/h4-5,7-8,16,22-25H,6,9-15,17H2,1-3H3/t22-,23+,24+,25-,27+,28+/m1/s1. The van der Waals surface area contributed by atoms with E-state index < -0.39 is 10.1 Å². The molecule has 4 aliphatic carbocycles. The second-order valence-corrected chi connectivity index (χ2v) is 13.3. The number of aryl methyl sites for hydroxylation is 1. The van der Waals surface area contributed by atoms with Gasteiger partial charge >= 0.3 is 0 Å². The number of benzene rings is 1. The molecule has 0 aliphatic heterocycles. The van der Waals surface area contributed by atoms with Crippen molar-refractivity contribution in [2.24, 2.45) is 34.5 Å². The Morgan fingerprint density at radius 2 is 1.74 bits per heavy atom. The third kappa shape index (κ3) is 3.81. The molecule has 0 N–H and O–H groups in total. The Morgan fingerprint density at radius 3 is 2.47 bits per heavy atom. The summed E-state index contributed by atoms with van der Waals surface area (Å²) >= 11 is 0. The molecule has 184 valence electrons. The number of fused-ring (bicyclic) bond motifs is 5. The van der Waals surface area contributed by atoms with E-state index in [0.717, 1.165) is 50.5 Å². The van der Waals surface area contributed by atoms with Crippen LogP contribution in [0, 0.1) is 41.4 Å². The third-order valence-corrected chi connectivity index (χ3v) is 11.3. The highest BCUT2D eigenvalue weighted by Crippen LogP contribution is 2.66. The molecule has 4 aliphatic rings. The smallest absolute Gasteiger partial charge is 0.297 e. The fraction of sp³-hybridized carbons (Fsp3) is 0.643. The van der Waals surface area contributed by atoms with Crippen LogP contribution in [-0.2, 0) is 23.9 Å². The molecule has 0 aromatic heterocycles. The van der Waals surface area contributed by atoms with E-state index >= 15 is 0 Å². The Hall–Kier alpha value is -1.79. The number of rotatable bonds is 5. The summed E-state index contributed by atoms with van der Waals surface area (Å²) in [6, 6.07) is 6.50. The summed E-state index contributed by atoms with van der Waals surface area (Å²) in [6.45, 7) is 6.14. The van der Waals surface area contributed by atoms with E-state index in [4.69, 9.17) is 4.18 Å². The first-order chi connectivity index (χ1) is 16.0. The lowest BCUT2D eigenvalue weighted by Crippen LogP contribution is -2.51. The van der Waals surface area contributed by atoms with Gasteiger partial charge in [-0.3, -0.25) is 13.8 Å². The Bertz CT molecular complexity index is 1130. The van der Waals surface area contributed by atoms with Gasteiger partial charge in [-0.15, -0.1) is 0 Å². The molecule has 0 unspecified atom stereocenters. The van der Waals surface area contributed by atoms with Crippen molar-refractivity contribution in [3.63, 3.8) is 0 Å². The van der Waals surface area contributed by atoms with E-state index in [1.807, 2.05) is 13.0 Å². The lowest BCUT2D eigenvalue weighted by atomic mass is 9.46. The maximum absolute atomic E-state index is 13.3. The Morgan fingerprint density at radius 1 is 1.00 bits per heavy atom.